The number of aliphatic hydroxyl groups is 1. The van der Waals surface area contributed by atoms with Crippen molar-refractivity contribution >= 4 is 11.8 Å². The first kappa shape index (κ1) is 12.5. The van der Waals surface area contributed by atoms with Crippen molar-refractivity contribution in [2.75, 3.05) is 5.32 Å². The number of carbonyl (C=O) groups is 1. The van der Waals surface area contributed by atoms with E-state index in [1.807, 2.05) is 0 Å². The van der Waals surface area contributed by atoms with Crippen LogP contribution < -0.4 is 5.32 Å². The summed E-state index contributed by atoms with van der Waals surface area (Å²) in [6.45, 7) is 5.15. The van der Waals surface area contributed by atoms with Gasteiger partial charge in [-0.2, -0.15) is 5.10 Å². The fraction of sp³-hybridized carbons (Fsp3) is 0.600. The zero-order valence-electron chi connectivity index (χ0n) is 9.94. The highest BCUT2D eigenvalue weighted by Gasteiger charge is 2.18. The number of nitrogens with one attached hydrogen (secondary N) is 1. The molecule has 1 rings (SSSR count). The highest BCUT2D eigenvalue weighted by atomic mass is 16.6. The van der Waals surface area contributed by atoms with Crippen molar-refractivity contribution in [2.24, 2.45) is 7.05 Å². The summed E-state index contributed by atoms with van der Waals surface area (Å²) < 4.78 is 6.57. The normalized spacial score (nSPS) is 11.3. The van der Waals surface area contributed by atoms with Crippen LogP contribution in [-0.4, -0.2) is 26.6 Å². The van der Waals surface area contributed by atoms with E-state index in [1.165, 1.54) is 10.9 Å². The molecule has 0 aliphatic carbocycles. The third-order valence-electron chi connectivity index (χ3n) is 1.85. The highest BCUT2D eigenvalue weighted by molar-refractivity contribution is 5.85. The largest absolute Gasteiger partial charge is 0.444 e. The van der Waals surface area contributed by atoms with Gasteiger partial charge in [0.25, 0.3) is 0 Å². The van der Waals surface area contributed by atoms with Gasteiger partial charge in [-0.25, -0.2) is 4.79 Å². The topological polar surface area (TPSA) is 76.4 Å². The van der Waals surface area contributed by atoms with Gasteiger partial charge in [0.2, 0.25) is 0 Å². The Balaban J connectivity index is 2.70. The molecule has 1 heterocycles. The Bertz CT molecular complexity index is 379. The van der Waals surface area contributed by atoms with Crippen LogP contribution in [0.1, 0.15) is 26.5 Å². The van der Waals surface area contributed by atoms with Gasteiger partial charge in [-0.05, 0) is 20.8 Å². The van der Waals surface area contributed by atoms with Gasteiger partial charge < -0.3 is 9.84 Å². The van der Waals surface area contributed by atoms with E-state index in [2.05, 4.69) is 10.4 Å². The minimum absolute atomic E-state index is 0.193. The number of aliphatic hydroxyl groups excluding tert-OH is 1. The predicted octanol–water partition coefficient (Wildman–Crippen LogP) is 1.26. The van der Waals surface area contributed by atoms with Crippen LogP contribution in [0.15, 0.2) is 6.20 Å². The maximum absolute atomic E-state index is 11.5. The average Bonchev–Trinajstić information content (AvgIpc) is 2.43. The molecular formula is C10H17N3O3. The monoisotopic (exact) mass is 227 g/mol. The standard InChI is InChI=1S/C10H17N3O3/c1-10(2,3)16-9(15)12-7-5-11-13(4)8(7)6-14/h5,14H,6H2,1-4H3,(H,12,15). The van der Waals surface area contributed by atoms with Crippen LogP contribution in [0.5, 0.6) is 0 Å². The van der Waals surface area contributed by atoms with E-state index in [9.17, 15) is 4.79 Å². The summed E-state index contributed by atoms with van der Waals surface area (Å²) in [6.07, 6.45) is 0.908. The van der Waals surface area contributed by atoms with Crippen LogP contribution in [0.2, 0.25) is 0 Å². The average molecular weight is 227 g/mol. The second-order valence-electron chi connectivity index (χ2n) is 4.41. The van der Waals surface area contributed by atoms with E-state index < -0.39 is 11.7 Å². The van der Waals surface area contributed by atoms with Crippen molar-refractivity contribution in [1.82, 2.24) is 9.78 Å². The Morgan fingerprint density at radius 3 is 2.75 bits per heavy atom. The van der Waals surface area contributed by atoms with Gasteiger partial charge in [-0.3, -0.25) is 10.00 Å². The van der Waals surface area contributed by atoms with E-state index in [0.717, 1.165) is 0 Å². The van der Waals surface area contributed by atoms with E-state index in [0.29, 0.717) is 11.4 Å². The Morgan fingerprint density at radius 2 is 2.25 bits per heavy atom. The van der Waals surface area contributed by atoms with Crippen LogP contribution in [0.4, 0.5) is 10.5 Å². The van der Waals surface area contributed by atoms with Crippen LogP contribution in [0.3, 0.4) is 0 Å². The van der Waals surface area contributed by atoms with Gasteiger partial charge in [0.1, 0.15) is 5.60 Å². The van der Waals surface area contributed by atoms with Gasteiger partial charge in [-0.15, -0.1) is 0 Å². The second kappa shape index (κ2) is 4.52. The van der Waals surface area contributed by atoms with Crippen molar-refractivity contribution in [3.05, 3.63) is 11.9 Å². The molecule has 6 heteroatoms. The Hall–Kier alpha value is -1.56. The molecule has 1 amide bonds. The van der Waals surface area contributed by atoms with Gasteiger partial charge in [-0.1, -0.05) is 0 Å². The lowest BCUT2D eigenvalue weighted by Crippen LogP contribution is -2.27. The van der Waals surface area contributed by atoms with E-state index >= 15 is 0 Å². The number of aromatic nitrogens is 2. The highest BCUT2D eigenvalue weighted by Crippen LogP contribution is 2.15. The Kier molecular flexibility index (Phi) is 3.54. The van der Waals surface area contributed by atoms with Crippen molar-refractivity contribution in [3.63, 3.8) is 0 Å². The van der Waals surface area contributed by atoms with Gasteiger partial charge in [0.05, 0.1) is 24.2 Å². The smallest absolute Gasteiger partial charge is 0.412 e. The first-order valence-electron chi connectivity index (χ1n) is 4.95. The maximum atomic E-state index is 11.5. The number of nitrogens with zero attached hydrogens (tertiary/aromatic N) is 2. The van der Waals surface area contributed by atoms with Crippen LogP contribution in [0, 0.1) is 0 Å². The van der Waals surface area contributed by atoms with Crippen LogP contribution in [-0.2, 0) is 18.4 Å². The molecule has 0 fully saturated rings. The molecule has 6 nitrogen and oxygen atoms in total. The molecule has 0 unspecified atom stereocenters. The lowest BCUT2D eigenvalue weighted by atomic mass is 10.2. The van der Waals surface area contributed by atoms with Crippen molar-refractivity contribution in [3.8, 4) is 0 Å². The number of amides is 1. The minimum Gasteiger partial charge on any atom is -0.444 e. The number of hydrogen-bond acceptors (Lipinski definition) is 4. The lowest BCUT2D eigenvalue weighted by Gasteiger charge is -2.19. The predicted molar refractivity (Wildman–Crippen MR) is 59.0 cm³/mol. The molecule has 0 radical (unpaired) electrons. The van der Waals surface area contributed by atoms with Crippen molar-refractivity contribution in [2.45, 2.75) is 33.0 Å². The molecule has 0 atom stereocenters. The van der Waals surface area contributed by atoms with E-state index in [1.54, 1.807) is 27.8 Å². The van der Waals surface area contributed by atoms with Gasteiger partial charge in [0.15, 0.2) is 0 Å². The molecule has 0 aliphatic heterocycles. The number of ether oxygens (including phenoxy) is 1. The third kappa shape index (κ3) is 3.23. The summed E-state index contributed by atoms with van der Waals surface area (Å²) in [5.74, 6) is 0. The first-order valence-corrected chi connectivity index (χ1v) is 4.95. The van der Waals surface area contributed by atoms with E-state index in [4.69, 9.17) is 9.84 Å². The van der Waals surface area contributed by atoms with Crippen LogP contribution >= 0.6 is 0 Å². The first-order chi connectivity index (χ1) is 7.33. The molecule has 0 saturated heterocycles. The molecular weight excluding hydrogens is 210 g/mol. The fourth-order valence-corrected chi connectivity index (χ4v) is 1.17. The summed E-state index contributed by atoms with van der Waals surface area (Å²) in [7, 11) is 1.69. The summed E-state index contributed by atoms with van der Waals surface area (Å²) >= 11 is 0. The quantitative estimate of drug-likeness (QED) is 0.797. The zero-order valence-corrected chi connectivity index (χ0v) is 9.94. The van der Waals surface area contributed by atoms with Gasteiger partial charge in [0, 0.05) is 7.05 Å². The SMILES string of the molecule is Cn1ncc(NC(=O)OC(C)(C)C)c1CO. The molecule has 0 bridgehead atoms. The molecule has 0 aliphatic rings. The summed E-state index contributed by atoms with van der Waals surface area (Å²) in [5.41, 5.74) is 0.441. The number of rotatable bonds is 2. The van der Waals surface area contributed by atoms with Gasteiger partial charge >= 0.3 is 6.09 Å². The lowest BCUT2D eigenvalue weighted by molar-refractivity contribution is 0.0635. The molecule has 0 aromatic carbocycles. The Labute approximate surface area is 94.2 Å². The molecule has 1 aromatic rings. The molecule has 0 saturated carbocycles. The summed E-state index contributed by atoms with van der Waals surface area (Å²) in [6, 6.07) is 0. The van der Waals surface area contributed by atoms with Crippen molar-refractivity contribution < 1.29 is 14.6 Å². The molecule has 16 heavy (non-hydrogen) atoms. The van der Waals surface area contributed by atoms with E-state index in [-0.39, 0.29) is 6.61 Å². The molecule has 90 valence electrons. The summed E-state index contributed by atoms with van der Waals surface area (Å²) in [5, 5.41) is 15.5. The Morgan fingerprint density at radius 1 is 1.62 bits per heavy atom. The minimum atomic E-state index is -0.560. The number of aryl methyl sites for hydroxylation is 1. The second-order valence-corrected chi connectivity index (χ2v) is 4.41. The molecule has 1 aromatic heterocycles. The number of carbonyl (C=O) groups excluding carboxylic acids is 1. The van der Waals surface area contributed by atoms with Crippen molar-refractivity contribution in [1.29, 1.82) is 0 Å². The maximum Gasteiger partial charge on any atom is 0.412 e. The zero-order chi connectivity index (χ0) is 12.3. The molecule has 2 N–H and O–H groups in total. The molecule has 0 spiro atoms. The number of anilines is 1. The number of hydrogen-bond donors (Lipinski definition) is 2. The van der Waals surface area contributed by atoms with Crippen LogP contribution in [0.25, 0.3) is 0 Å². The fourth-order valence-electron chi connectivity index (χ4n) is 1.17. The summed E-state index contributed by atoms with van der Waals surface area (Å²) in [4.78, 5) is 11.5. The third-order valence-corrected chi connectivity index (χ3v) is 1.85.